The Hall–Kier alpha value is -2.46. The number of nitrogens with zero attached hydrogens (tertiary/aromatic N) is 1. The van der Waals surface area contributed by atoms with Gasteiger partial charge in [0.1, 0.15) is 5.78 Å². The number of Topliss-reactive ketones (excluding diaryl/α,β-unsaturated/α-hetero) is 1. The number of hydrogen-bond donors (Lipinski definition) is 0. The minimum absolute atomic E-state index is 0.00606. The molecule has 0 saturated heterocycles. The number of unbranched alkanes of at least 4 members (excludes halogenated alkanes) is 1. The van der Waals surface area contributed by atoms with Crippen LogP contribution in [0.25, 0.3) is 0 Å². The molecule has 3 aliphatic rings. The molecule has 1 heterocycles. The number of fused-ring (bicyclic) bond motifs is 3. The van der Waals surface area contributed by atoms with Crippen LogP contribution < -0.4 is 0 Å². The molecular weight excluding hydrogens is 410 g/mol. The summed E-state index contributed by atoms with van der Waals surface area (Å²) in [5.74, 6) is -0.202. The maximum atomic E-state index is 13.8. The summed E-state index contributed by atoms with van der Waals surface area (Å²) in [6.07, 6.45) is 5.57. The lowest BCUT2D eigenvalue weighted by atomic mass is 9.56. The third-order valence-electron chi connectivity index (χ3n) is 7.48. The SMILES string of the molecule is CCCCC1CCc2c(Cl)cccc2C2(CC(N3C(=O)c4ccccc4C3=O)C2)C1=O. The van der Waals surface area contributed by atoms with E-state index >= 15 is 0 Å². The number of benzene rings is 2. The summed E-state index contributed by atoms with van der Waals surface area (Å²) >= 11 is 6.56. The van der Waals surface area contributed by atoms with Crippen molar-refractivity contribution in [1.29, 1.82) is 0 Å². The average molecular weight is 436 g/mol. The highest BCUT2D eigenvalue weighted by Gasteiger charge is 2.58. The van der Waals surface area contributed by atoms with Gasteiger partial charge in [-0.1, -0.05) is 55.6 Å². The van der Waals surface area contributed by atoms with E-state index in [0.717, 1.165) is 43.2 Å². The second-order valence-corrected chi connectivity index (χ2v) is 9.59. The second-order valence-electron chi connectivity index (χ2n) is 9.18. The molecule has 5 rings (SSSR count). The van der Waals surface area contributed by atoms with Crippen LogP contribution >= 0.6 is 11.6 Å². The zero-order chi connectivity index (χ0) is 21.8. The highest BCUT2D eigenvalue weighted by molar-refractivity contribution is 6.31. The van der Waals surface area contributed by atoms with Gasteiger partial charge in [0.2, 0.25) is 0 Å². The predicted octanol–water partition coefficient (Wildman–Crippen LogP) is 5.36. The number of imide groups is 1. The fraction of sp³-hybridized carbons (Fsp3) is 0.423. The van der Waals surface area contributed by atoms with E-state index in [0.29, 0.717) is 29.0 Å². The fourth-order valence-electron chi connectivity index (χ4n) is 5.85. The fourth-order valence-corrected chi connectivity index (χ4v) is 6.12. The molecule has 2 aromatic rings. The van der Waals surface area contributed by atoms with Crippen LogP contribution in [0.2, 0.25) is 5.02 Å². The van der Waals surface area contributed by atoms with Crippen molar-refractivity contribution in [2.45, 2.75) is 63.3 Å². The largest absolute Gasteiger partial charge is 0.298 e. The third-order valence-corrected chi connectivity index (χ3v) is 7.84. The Bertz CT molecular complexity index is 1050. The lowest BCUT2D eigenvalue weighted by molar-refractivity contribution is -0.134. The summed E-state index contributed by atoms with van der Waals surface area (Å²) in [6.45, 7) is 2.14. The summed E-state index contributed by atoms with van der Waals surface area (Å²) in [4.78, 5) is 41.2. The van der Waals surface area contributed by atoms with E-state index in [1.807, 2.05) is 18.2 Å². The van der Waals surface area contributed by atoms with Crippen molar-refractivity contribution in [1.82, 2.24) is 4.90 Å². The number of amides is 2. The van der Waals surface area contributed by atoms with Gasteiger partial charge in [-0.25, -0.2) is 0 Å². The van der Waals surface area contributed by atoms with Crippen molar-refractivity contribution in [3.05, 3.63) is 69.7 Å². The Morgan fingerprint density at radius 1 is 1.00 bits per heavy atom. The van der Waals surface area contributed by atoms with Crippen molar-refractivity contribution in [3.8, 4) is 0 Å². The van der Waals surface area contributed by atoms with Gasteiger partial charge in [0.05, 0.1) is 16.5 Å². The normalized spacial score (nSPS) is 27.2. The number of hydrogen-bond acceptors (Lipinski definition) is 3. The minimum Gasteiger partial charge on any atom is -0.298 e. The Balaban J connectivity index is 1.49. The molecule has 2 amide bonds. The summed E-state index contributed by atoms with van der Waals surface area (Å²) < 4.78 is 0. The Morgan fingerprint density at radius 3 is 2.32 bits per heavy atom. The smallest absolute Gasteiger partial charge is 0.261 e. The first-order valence-electron chi connectivity index (χ1n) is 11.3. The highest BCUT2D eigenvalue weighted by atomic mass is 35.5. The van der Waals surface area contributed by atoms with E-state index in [1.165, 1.54) is 4.90 Å². The Morgan fingerprint density at radius 2 is 1.68 bits per heavy atom. The van der Waals surface area contributed by atoms with Gasteiger partial charge in [-0.3, -0.25) is 19.3 Å². The van der Waals surface area contributed by atoms with Crippen LogP contribution in [-0.4, -0.2) is 28.5 Å². The van der Waals surface area contributed by atoms with E-state index in [4.69, 9.17) is 11.6 Å². The molecule has 0 radical (unpaired) electrons. The maximum absolute atomic E-state index is 13.8. The Labute approximate surface area is 187 Å². The molecule has 1 spiro atoms. The van der Waals surface area contributed by atoms with Crippen molar-refractivity contribution < 1.29 is 14.4 Å². The molecule has 1 saturated carbocycles. The van der Waals surface area contributed by atoms with E-state index in [9.17, 15) is 14.4 Å². The van der Waals surface area contributed by atoms with Gasteiger partial charge in [0.25, 0.3) is 11.8 Å². The van der Waals surface area contributed by atoms with E-state index in [-0.39, 0.29) is 29.6 Å². The van der Waals surface area contributed by atoms with Crippen molar-refractivity contribution in [2.24, 2.45) is 5.92 Å². The van der Waals surface area contributed by atoms with Crippen LogP contribution in [-0.2, 0) is 16.6 Å². The molecule has 160 valence electrons. The summed E-state index contributed by atoms with van der Waals surface area (Å²) in [7, 11) is 0. The zero-order valence-electron chi connectivity index (χ0n) is 17.7. The molecule has 1 atom stereocenters. The molecule has 0 bridgehead atoms. The Kier molecular flexibility index (Phi) is 5.01. The molecule has 2 aromatic carbocycles. The predicted molar refractivity (Wildman–Crippen MR) is 119 cm³/mol. The second kappa shape index (κ2) is 7.59. The average Bonchev–Trinajstić information content (AvgIpc) is 2.91. The molecule has 1 unspecified atom stereocenters. The lowest BCUT2D eigenvalue weighted by Gasteiger charge is -2.50. The number of carbonyl (C=O) groups excluding carboxylic acids is 3. The van der Waals surface area contributed by atoms with Gasteiger partial charge in [-0.05, 0) is 61.4 Å². The maximum Gasteiger partial charge on any atom is 0.261 e. The molecule has 0 aromatic heterocycles. The van der Waals surface area contributed by atoms with E-state index in [2.05, 4.69) is 6.92 Å². The van der Waals surface area contributed by atoms with Crippen LogP contribution in [0.1, 0.15) is 77.3 Å². The number of rotatable bonds is 4. The highest BCUT2D eigenvalue weighted by Crippen LogP contribution is 2.53. The van der Waals surface area contributed by atoms with Gasteiger partial charge in [0, 0.05) is 17.0 Å². The van der Waals surface area contributed by atoms with E-state index in [1.54, 1.807) is 24.3 Å². The van der Waals surface area contributed by atoms with E-state index < -0.39 is 5.41 Å². The molecule has 4 nitrogen and oxygen atoms in total. The van der Waals surface area contributed by atoms with Crippen molar-refractivity contribution in [2.75, 3.05) is 0 Å². The van der Waals surface area contributed by atoms with Crippen LogP contribution in [0, 0.1) is 5.92 Å². The first-order valence-corrected chi connectivity index (χ1v) is 11.6. The lowest BCUT2D eigenvalue weighted by Crippen LogP contribution is -2.59. The monoisotopic (exact) mass is 435 g/mol. The molecular formula is C26H26ClNO3. The van der Waals surface area contributed by atoms with Crippen LogP contribution in [0.5, 0.6) is 0 Å². The van der Waals surface area contributed by atoms with Gasteiger partial charge in [-0.2, -0.15) is 0 Å². The minimum atomic E-state index is -0.644. The molecule has 1 aliphatic heterocycles. The molecule has 0 N–H and O–H groups in total. The van der Waals surface area contributed by atoms with Gasteiger partial charge in [0.15, 0.2) is 0 Å². The van der Waals surface area contributed by atoms with Crippen LogP contribution in [0.4, 0.5) is 0 Å². The zero-order valence-corrected chi connectivity index (χ0v) is 18.5. The first-order chi connectivity index (χ1) is 15.0. The number of ketones is 1. The van der Waals surface area contributed by atoms with Crippen LogP contribution in [0.3, 0.4) is 0 Å². The molecule has 31 heavy (non-hydrogen) atoms. The summed E-state index contributed by atoms with van der Waals surface area (Å²) in [5.41, 5.74) is 2.36. The quantitative estimate of drug-likeness (QED) is 0.607. The van der Waals surface area contributed by atoms with Gasteiger partial charge in [-0.15, -0.1) is 0 Å². The molecule has 2 aliphatic carbocycles. The third kappa shape index (κ3) is 2.99. The summed E-state index contributed by atoms with van der Waals surface area (Å²) in [6, 6.07) is 12.5. The van der Waals surface area contributed by atoms with Gasteiger partial charge >= 0.3 is 0 Å². The number of halogens is 1. The molecule has 1 fully saturated rings. The summed E-state index contributed by atoms with van der Waals surface area (Å²) in [5, 5.41) is 0.713. The molecule has 5 heteroatoms. The number of carbonyl (C=O) groups is 3. The van der Waals surface area contributed by atoms with Crippen molar-refractivity contribution >= 4 is 29.2 Å². The van der Waals surface area contributed by atoms with Crippen molar-refractivity contribution in [3.63, 3.8) is 0 Å². The first kappa shape index (κ1) is 20.4. The standard InChI is InChI=1S/C26H26ClNO3/c1-2-3-7-16-12-13-20-21(10-6-11-22(20)27)26(23(16)29)14-17(15-26)28-24(30)18-8-4-5-9-19(18)25(28)31/h4-6,8-11,16-17H,2-3,7,12-15H2,1H3. The van der Waals surface area contributed by atoms with Gasteiger partial charge < -0.3 is 0 Å². The topological polar surface area (TPSA) is 54.5 Å². The van der Waals surface area contributed by atoms with Crippen LogP contribution in [0.15, 0.2) is 42.5 Å².